The Morgan fingerprint density at radius 3 is 2.39 bits per heavy atom. The van der Waals surface area contributed by atoms with Crippen LogP contribution < -0.4 is 10.2 Å². The minimum absolute atomic E-state index is 0.00176. The van der Waals surface area contributed by atoms with Crippen molar-refractivity contribution in [2.45, 2.75) is 25.8 Å². The molecule has 2 amide bonds. The molecule has 2 aliphatic heterocycles. The number of amides is 2. The van der Waals surface area contributed by atoms with Crippen LogP contribution in [0.2, 0.25) is 0 Å². The molecule has 0 radical (unpaired) electrons. The molecule has 2 fully saturated rings. The number of carbonyl (C=O) groups excluding carboxylic acids is 2. The number of rotatable bonds is 6. The lowest BCUT2D eigenvalue weighted by Gasteiger charge is -2.24. The number of para-hydroxylation sites is 1. The van der Waals surface area contributed by atoms with Gasteiger partial charge in [-0.1, -0.05) is 24.3 Å². The standard InChI is InChI=1S/C26H31N5O2/c27-18-23-6-1-2-7-24(23)30-15-5-12-29(16-17-30)20-25(32)28-19-21-8-10-22(11-9-21)26(33)31-13-3-4-14-31/h1-2,6-11H,3-5,12-17,19-20H2,(H,28,32). The first-order valence-electron chi connectivity index (χ1n) is 11.8. The number of benzene rings is 2. The van der Waals surface area contributed by atoms with Crippen molar-refractivity contribution in [2.75, 3.05) is 50.7 Å². The number of carbonyl (C=O) groups is 2. The van der Waals surface area contributed by atoms with E-state index in [2.05, 4.69) is 21.2 Å². The van der Waals surface area contributed by atoms with E-state index in [1.807, 2.05) is 53.4 Å². The monoisotopic (exact) mass is 445 g/mol. The van der Waals surface area contributed by atoms with Crippen LogP contribution in [0, 0.1) is 11.3 Å². The van der Waals surface area contributed by atoms with Crippen LogP contribution in [0.15, 0.2) is 48.5 Å². The average molecular weight is 446 g/mol. The molecule has 0 spiro atoms. The van der Waals surface area contributed by atoms with E-state index in [1.54, 1.807) is 0 Å². The van der Waals surface area contributed by atoms with Gasteiger partial charge < -0.3 is 15.1 Å². The third-order valence-corrected chi connectivity index (χ3v) is 6.40. The number of hydrogen-bond acceptors (Lipinski definition) is 5. The fourth-order valence-electron chi connectivity index (χ4n) is 4.54. The summed E-state index contributed by atoms with van der Waals surface area (Å²) < 4.78 is 0. The molecule has 0 bridgehead atoms. The van der Waals surface area contributed by atoms with Crippen molar-refractivity contribution in [1.29, 1.82) is 5.26 Å². The Bertz CT molecular complexity index is 1010. The Morgan fingerprint density at radius 1 is 0.879 bits per heavy atom. The van der Waals surface area contributed by atoms with Gasteiger partial charge in [0.05, 0.1) is 17.8 Å². The molecule has 4 rings (SSSR count). The van der Waals surface area contributed by atoms with E-state index >= 15 is 0 Å². The molecule has 0 atom stereocenters. The van der Waals surface area contributed by atoms with E-state index in [0.29, 0.717) is 24.2 Å². The molecule has 0 saturated carbocycles. The molecule has 33 heavy (non-hydrogen) atoms. The van der Waals surface area contributed by atoms with E-state index in [9.17, 15) is 14.9 Å². The molecular formula is C26H31N5O2. The maximum absolute atomic E-state index is 12.5. The Kier molecular flexibility index (Phi) is 7.59. The van der Waals surface area contributed by atoms with Gasteiger partial charge in [-0.25, -0.2) is 0 Å². The molecule has 7 heteroatoms. The maximum Gasteiger partial charge on any atom is 0.253 e. The fourth-order valence-corrected chi connectivity index (χ4v) is 4.54. The SMILES string of the molecule is N#Cc1ccccc1N1CCCN(CC(=O)NCc2ccc(C(=O)N3CCCC3)cc2)CC1. The topological polar surface area (TPSA) is 79.7 Å². The van der Waals surface area contributed by atoms with E-state index in [1.165, 1.54) is 0 Å². The number of nitrogens with zero attached hydrogens (tertiary/aromatic N) is 4. The third-order valence-electron chi connectivity index (χ3n) is 6.40. The van der Waals surface area contributed by atoms with Gasteiger partial charge in [-0.05, 0) is 49.1 Å². The lowest BCUT2D eigenvalue weighted by Crippen LogP contribution is -2.39. The van der Waals surface area contributed by atoms with E-state index in [-0.39, 0.29) is 11.8 Å². The fraction of sp³-hybridized carbons (Fsp3) is 0.423. The van der Waals surface area contributed by atoms with E-state index in [0.717, 1.165) is 69.8 Å². The second kappa shape index (κ2) is 11.0. The van der Waals surface area contributed by atoms with Crippen LogP contribution in [0.25, 0.3) is 0 Å². The molecule has 0 aromatic heterocycles. The highest BCUT2D eigenvalue weighted by Crippen LogP contribution is 2.21. The Labute approximate surface area is 195 Å². The van der Waals surface area contributed by atoms with Gasteiger partial charge in [0, 0.05) is 51.4 Å². The van der Waals surface area contributed by atoms with Crippen LogP contribution >= 0.6 is 0 Å². The van der Waals surface area contributed by atoms with Crippen LogP contribution in [0.4, 0.5) is 5.69 Å². The van der Waals surface area contributed by atoms with Gasteiger partial charge in [-0.15, -0.1) is 0 Å². The summed E-state index contributed by atoms with van der Waals surface area (Å²) in [5, 5.41) is 12.4. The van der Waals surface area contributed by atoms with Gasteiger partial charge in [-0.2, -0.15) is 5.26 Å². The Balaban J connectivity index is 1.24. The molecule has 2 heterocycles. The molecule has 2 aliphatic rings. The minimum atomic E-state index is -0.00176. The van der Waals surface area contributed by atoms with Crippen molar-refractivity contribution in [3.8, 4) is 6.07 Å². The number of nitrogens with one attached hydrogen (secondary N) is 1. The number of hydrogen-bond donors (Lipinski definition) is 1. The van der Waals surface area contributed by atoms with Gasteiger partial charge in [0.2, 0.25) is 5.91 Å². The van der Waals surface area contributed by atoms with Crippen LogP contribution in [0.1, 0.15) is 40.7 Å². The summed E-state index contributed by atoms with van der Waals surface area (Å²) >= 11 is 0. The van der Waals surface area contributed by atoms with Crippen LogP contribution in [-0.2, 0) is 11.3 Å². The summed E-state index contributed by atoms with van der Waals surface area (Å²) in [5.74, 6) is 0.0915. The van der Waals surface area contributed by atoms with Crippen molar-refractivity contribution in [3.05, 3.63) is 65.2 Å². The number of nitriles is 1. The predicted molar refractivity (Wildman–Crippen MR) is 128 cm³/mol. The lowest BCUT2D eigenvalue weighted by atomic mass is 10.1. The lowest BCUT2D eigenvalue weighted by molar-refractivity contribution is -0.122. The first-order valence-corrected chi connectivity index (χ1v) is 11.8. The molecule has 2 saturated heterocycles. The molecule has 0 aliphatic carbocycles. The second-order valence-corrected chi connectivity index (χ2v) is 8.72. The van der Waals surface area contributed by atoms with Gasteiger partial charge in [0.15, 0.2) is 0 Å². The minimum Gasteiger partial charge on any atom is -0.369 e. The molecule has 172 valence electrons. The highest BCUT2D eigenvalue weighted by molar-refractivity contribution is 5.94. The summed E-state index contributed by atoms with van der Waals surface area (Å²) in [6.45, 7) is 5.79. The molecule has 0 unspecified atom stereocenters. The van der Waals surface area contributed by atoms with Gasteiger partial charge in [0.1, 0.15) is 6.07 Å². The zero-order valence-corrected chi connectivity index (χ0v) is 19.0. The van der Waals surface area contributed by atoms with Crippen molar-refractivity contribution in [2.24, 2.45) is 0 Å². The molecular weight excluding hydrogens is 414 g/mol. The van der Waals surface area contributed by atoms with Crippen molar-refractivity contribution in [1.82, 2.24) is 15.1 Å². The highest BCUT2D eigenvalue weighted by Gasteiger charge is 2.20. The van der Waals surface area contributed by atoms with Crippen LogP contribution in [-0.4, -0.2) is 67.4 Å². The van der Waals surface area contributed by atoms with Crippen molar-refractivity contribution < 1.29 is 9.59 Å². The zero-order chi connectivity index (χ0) is 23.0. The quantitative estimate of drug-likeness (QED) is 0.740. The first kappa shape index (κ1) is 22.8. The van der Waals surface area contributed by atoms with Gasteiger partial charge in [-0.3, -0.25) is 14.5 Å². The maximum atomic E-state index is 12.5. The summed E-state index contributed by atoms with van der Waals surface area (Å²) in [4.78, 5) is 31.3. The molecule has 2 aromatic carbocycles. The van der Waals surface area contributed by atoms with Crippen LogP contribution in [0.3, 0.4) is 0 Å². The smallest absolute Gasteiger partial charge is 0.253 e. The highest BCUT2D eigenvalue weighted by atomic mass is 16.2. The Hall–Kier alpha value is -3.37. The Morgan fingerprint density at radius 2 is 1.64 bits per heavy atom. The number of likely N-dealkylation sites (tertiary alicyclic amines) is 1. The first-order chi connectivity index (χ1) is 16.1. The zero-order valence-electron chi connectivity index (χ0n) is 19.0. The average Bonchev–Trinajstić information content (AvgIpc) is 3.30. The van der Waals surface area contributed by atoms with Gasteiger partial charge in [0.25, 0.3) is 5.91 Å². The number of anilines is 1. The third kappa shape index (κ3) is 5.91. The summed E-state index contributed by atoms with van der Waals surface area (Å²) in [6, 6.07) is 17.5. The largest absolute Gasteiger partial charge is 0.369 e. The second-order valence-electron chi connectivity index (χ2n) is 8.72. The normalized spacial score (nSPS) is 16.8. The molecule has 7 nitrogen and oxygen atoms in total. The summed E-state index contributed by atoms with van der Waals surface area (Å²) in [7, 11) is 0. The van der Waals surface area contributed by atoms with Crippen LogP contribution in [0.5, 0.6) is 0 Å². The van der Waals surface area contributed by atoms with Gasteiger partial charge >= 0.3 is 0 Å². The molecule has 1 N–H and O–H groups in total. The summed E-state index contributed by atoms with van der Waals surface area (Å²) in [6.07, 6.45) is 3.11. The summed E-state index contributed by atoms with van der Waals surface area (Å²) in [5.41, 5.74) is 3.35. The van der Waals surface area contributed by atoms with Crippen molar-refractivity contribution >= 4 is 17.5 Å². The van der Waals surface area contributed by atoms with E-state index in [4.69, 9.17) is 0 Å². The van der Waals surface area contributed by atoms with Crippen molar-refractivity contribution in [3.63, 3.8) is 0 Å². The predicted octanol–water partition coefficient (Wildman–Crippen LogP) is 2.62. The van der Waals surface area contributed by atoms with E-state index < -0.39 is 0 Å². The molecule has 2 aromatic rings.